The molecular weight excluding hydrogens is 152 g/mol. The van der Waals surface area contributed by atoms with Crippen LogP contribution in [0.3, 0.4) is 0 Å². The summed E-state index contributed by atoms with van der Waals surface area (Å²) in [5.41, 5.74) is 0. The van der Waals surface area contributed by atoms with E-state index in [0.717, 1.165) is 32.7 Å². The summed E-state index contributed by atoms with van der Waals surface area (Å²) in [6.07, 6.45) is 1.13. The fourth-order valence-electron chi connectivity index (χ4n) is 0.620. The lowest BCUT2D eigenvalue weighted by Crippen LogP contribution is -2.15. The van der Waals surface area contributed by atoms with Crippen molar-refractivity contribution in [2.24, 2.45) is 0 Å². The van der Waals surface area contributed by atoms with E-state index in [0.29, 0.717) is 0 Å². The van der Waals surface area contributed by atoms with Crippen molar-refractivity contribution in [3.8, 4) is 0 Å². The maximum atomic E-state index is 5.14. The van der Waals surface area contributed by atoms with Crippen LogP contribution in [0.5, 0.6) is 0 Å². The molecule has 0 aromatic heterocycles. The van der Waals surface area contributed by atoms with Crippen LogP contribution in [0.1, 0.15) is 20.3 Å². The minimum absolute atomic E-state index is 0.839. The zero-order valence-electron chi connectivity index (χ0n) is 8.94. The molecule has 0 fully saturated rings. The summed E-state index contributed by atoms with van der Waals surface area (Å²) < 4.78 is 5.14. The number of nitrogens with one attached hydrogen (secondary N) is 2. The third-order valence-corrected chi connectivity index (χ3v) is 1.10. The zero-order valence-corrected chi connectivity index (χ0v) is 8.94. The SMILES string of the molecule is CCNCCCOCC.CNC. The molecule has 0 saturated carbocycles. The molecule has 0 heterocycles. The van der Waals surface area contributed by atoms with E-state index in [1.165, 1.54) is 0 Å². The van der Waals surface area contributed by atoms with E-state index < -0.39 is 0 Å². The van der Waals surface area contributed by atoms with E-state index in [1.54, 1.807) is 0 Å². The average molecular weight is 176 g/mol. The summed E-state index contributed by atoms with van der Waals surface area (Å²) in [6, 6.07) is 0. The van der Waals surface area contributed by atoms with Crippen molar-refractivity contribution in [2.45, 2.75) is 20.3 Å². The van der Waals surface area contributed by atoms with Crippen LogP contribution >= 0.6 is 0 Å². The molecule has 2 N–H and O–H groups in total. The summed E-state index contributed by atoms with van der Waals surface area (Å²) in [7, 11) is 3.75. The van der Waals surface area contributed by atoms with Crippen LogP contribution in [0.4, 0.5) is 0 Å². The second-order valence-electron chi connectivity index (χ2n) is 2.40. The third kappa shape index (κ3) is 22.5. The maximum absolute atomic E-state index is 5.14. The van der Waals surface area contributed by atoms with Crippen LogP contribution in [-0.4, -0.2) is 40.4 Å². The molecule has 0 aliphatic rings. The van der Waals surface area contributed by atoms with E-state index in [1.807, 2.05) is 21.0 Å². The fraction of sp³-hybridized carbons (Fsp3) is 1.00. The van der Waals surface area contributed by atoms with Crippen molar-refractivity contribution in [2.75, 3.05) is 40.4 Å². The van der Waals surface area contributed by atoms with Gasteiger partial charge in [0.05, 0.1) is 0 Å². The summed E-state index contributed by atoms with van der Waals surface area (Å²) in [5.74, 6) is 0. The minimum Gasteiger partial charge on any atom is -0.382 e. The van der Waals surface area contributed by atoms with Crippen LogP contribution in [-0.2, 0) is 4.74 Å². The first kappa shape index (κ1) is 14.4. The fourth-order valence-corrected chi connectivity index (χ4v) is 0.620. The first-order valence-corrected chi connectivity index (χ1v) is 4.70. The van der Waals surface area contributed by atoms with Crippen molar-refractivity contribution in [3.05, 3.63) is 0 Å². The van der Waals surface area contributed by atoms with Crippen LogP contribution in [0.2, 0.25) is 0 Å². The van der Waals surface area contributed by atoms with E-state index in [-0.39, 0.29) is 0 Å². The Labute approximate surface area is 76.9 Å². The van der Waals surface area contributed by atoms with Gasteiger partial charge in [0.25, 0.3) is 0 Å². The Balaban J connectivity index is 0. The molecule has 3 heteroatoms. The maximum Gasteiger partial charge on any atom is 0.0477 e. The Kier molecular flexibility index (Phi) is 20.5. The van der Waals surface area contributed by atoms with Gasteiger partial charge in [-0.05, 0) is 40.5 Å². The Morgan fingerprint density at radius 3 is 2.17 bits per heavy atom. The van der Waals surface area contributed by atoms with Crippen molar-refractivity contribution >= 4 is 0 Å². The Morgan fingerprint density at radius 2 is 1.75 bits per heavy atom. The van der Waals surface area contributed by atoms with Gasteiger partial charge >= 0.3 is 0 Å². The number of hydrogen-bond donors (Lipinski definition) is 2. The first-order valence-electron chi connectivity index (χ1n) is 4.70. The standard InChI is InChI=1S/C7H17NO.C2H7N/c1-3-8-6-5-7-9-4-2;1-3-2/h8H,3-7H2,1-2H3;3H,1-2H3. The van der Waals surface area contributed by atoms with E-state index in [2.05, 4.69) is 17.6 Å². The van der Waals surface area contributed by atoms with Crippen molar-refractivity contribution < 1.29 is 4.74 Å². The Morgan fingerprint density at radius 1 is 1.17 bits per heavy atom. The van der Waals surface area contributed by atoms with Gasteiger partial charge in [0, 0.05) is 13.2 Å². The first-order chi connectivity index (χ1) is 5.83. The molecule has 0 aliphatic heterocycles. The summed E-state index contributed by atoms with van der Waals surface area (Å²) in [6.45, 7) is 8.01. The highest BCUT2D eigenvalue weighted by Crippen LogP contribution is 1.78. The summed E-state index contributed by atoms with van der Waals surface area (Å²) in [5, 5.41) is 5.98. The molecule has 0 atom stereocenters. The highest BCUT2D eigenvalue weighted by atomic mass is 16.5. The second-order valence-corrected chi connectivity index (χ2v) is 2.40. The highest BCUT2D eigenvalue weighted by molar-refractivity contribution is 4.41. The summed E-state index contributed by atoms with van der Waals surface area (Å²) in [4.78, 5) is 0. The molecule has 3 nitrogen and oxygen atoms in total. The van der Waals surface area contributed by atoms with Crippen molar-refractivity contribution in [3.63, 3.8) is 0 Å². The molecule has 0 aliphatic carbocycles. The minimum atomic E-state index is 0.839. The molecule has 0 amide bonds. The van der Waals surface area contributed by atoms with Gasteiger partial charge in [0.1, 0.15) is 0 Å². The van der Waals surface area contributed by atoms with Crippen LogP contribution in [0.15, 0.2) is 0 Å². The molecule has 0 aromatic rings. The smallest absolute Gasteiger partial charge is 0.0477 e. The summed E-state index contributed by atoms with van der Waals surface area (Å²) >= 11 is 0. The quantitative estimate of drug-likeness (QED) is 0.589. The lowest BCUT2D eigenvalue weighted by atomic mass is 10.4. The molecule has 0 bridgehead atoms. The van der Waals surface area contributed by atoms with Crippen molar-refractivity contribution in [1.29, 1.82) is 0 Å². The topological polar surface area (TPSA) is 33.3 Å². The van der Waals surface area contributed by atoms with Gasteiger partial charge in [-0.25, -0.2) is 0 Å². The Hall–Kier alpha value is -0.120. The highest BCUT2D eigenvalue weighted by Gasteiger charge is 1.83. The normalized spacial score (nSPS) is 9.00. The van der Waals surface area contributed by atoms with Gasteiger partial charge in [-0.3, -0.25) is 0 Å². The van der Waals surface area contributed by atoms with Gasteiger partial charge in [-0.2, -0.15) is 0 Å². The zero-order chi connectivity index (χ0) is 9.66. The molecule has 0 spiro atoms. The van der Waals surface area contributed by atoms with Crippen molar-refractivity contribution in [1.82, 2.24) is 10.6 Å². The van der Waals surface area contributed by atoms with Gasteiger partial charge in [-0.1, -0.05) is 6.92 Å². The third-order valence-electron chi connectivity index (χ3n) is 1.10. The second kappa shape index (κ2) is 17.1. The van der Waals surface area contributed by atoms with E-state index >= 15 is 0 Å². The van der Waals surface area contributed by atoms with E-state index in [9.17, 15) is 0 Å². The Bertz CT molecular complexity index is 54.5. The molecule has 76 valence electrons. The van der Waals surface area contributed by atoms with Crippen LogP contribution in [0, 0.1) is 0 Å². The predicted molar refractivity (Wildman–Crippen MR) is 54.6 cm³/mol. The van der Waals surface area contributed by atoms with Gasteiger partial charge in [-0.15, -0.1) is 0 Å². The number of rotatable bonds is 6. The van der Waals surface area contributed by atoms with Crippen LogP contribution in [0.25, 0.3) is 0 Å². The van der Waals surface area contributed by atoms with Crippen LogP contribution < -0.4 is 10.6 Å². The molecule has 0 aromatic carbocycles. The van der Waals surface area contributed by atoms with Gasteiger partial charge < -0.3 is 15.4 Å². The average Bonchev–Trinajstić information content (AvgIpc) is 2.06. The van der Waals surface area contributed by atoms with Gasteiger partial charge in [0.15, 0.2) is 0 Å². The molecule has 12 heavy (non-hydrogen) atoms. The lowest BCUT2D eigenvalue weighted by Gasteiger charge is -2.00. The number of hydrogen-bond acceptors (Lipinski definition) is 3. The molecule has 0 saturated heterocycles. The number of ether oxygens (including phenoxy) is 1. The predicted octanol–water partition coefficient (Wildman–Crippen LogP) is 0.858. The van der Waals surface area contributed by atoms with Gasteiger partial charge in [0.2, 0.25) is 0 Å². The molecule has 0 rings (SSSR count). The monoisotopic (exact) mass is 176 g/mol. The molecule has 0 radical (unpaired) electrons. The lowest BCUT2D eigenvalue weighted by molar-refractivity contribution is 0.145. The molecular formula is C9H24N2O. The largest absolute Gasteiger partial charge is 0.382 e. The molecule has 0 unspecified atom stereocenters. The van der Waals surface area contributed by atoms with E-state index in [4.69, 9.17) is 4.74 Å².